The number of nitriles is 2. The Hall–Kier alpha value is -3.38. The van der Waals surface area contributed by atoms with Crippen molar-refractivity contribution in [3.63, 3.8) is 0 Å². The van der Waals surface area contributed by atoms with Crippen LogP contribution in [0, 0.1) is 22.7 Å². The zero-order valence-electron chi connectivity index (χ0n) is 18.5. The number of halogens is 4. The van der Waals surface area contributed by atoms with Gasteiger partial charge in [0.15, 0.2) is 11.3 Å². The summed E-state index contributed by atoms with van der Waals surface area (Å²) in [5.74, 6) is -0.886. The maximum absolute atomic E-state index is 13.2. The molecule has 5 rings (SSSR count). The second kappa shape index (κ2) is 9.00. The summed E-state index contributed by atoms with van der Waals surface area (Å²) in [6.45, 7) is 2.36. The normalized spacial score (nSPS) is 21.3. The smallest absolute Gasteiger partial charge is 0.379 e. The van der Waals surface area contributed by atoms with Crippen LogP contribution < -0.4 is 10.2 Å². The van der Waals surface area contributed by atoms with Crippen molar-refractivity contribution in [1.29, 1.82) is 10.5 Å². The van der Waals surface area contributed by atoms with Gasteiger partial charge in [-0.15, -0.1) is 0 Å². The first kappa shape index (κ1) is 24.7. The van der Waals surface area contributed by atoms with Crippen molar-refractivity contribution < 1.29 is 23.1 Å². The number of nitrogens with one attached hydrogen (secondary N) is 1. The Kier molecular flexibility index (Phi) is 6.36. The number of amides is 1. The number of hydrogen-bond acceptors (Lipinski definition) is 7. The first-order chi connectivity index (χ1) is 16.4. The monoisotopic (exact) mass is 504 g/mol. The van der Waals surface area contributed by atoms with Crippen molar-refractivity contribution in [2.24, 2.45) is 0 Å². The van der Waals surface area contributed by atoms with E-state index in [0.717, 1.165) is 18.3 Å². The number of piperidine rings is 1. The molecule has 1 aromatic carbocycles. The van der Waals surface area contributed by atoms with Gasteiger partial charge in [0.2, 0.25) is 0 Å². The Labute approximate surface area is 204 Å². The maximum atomic E-state index is 13.2. The van der Waals surface area contributed by atoms with Crippen LogP contribution in [-0.4, -0.2) is 58.2 Å². The van der Waals surface area contributed by atoms with Gasteiger partial charge in [-0.3, -0.25) is 9.69 Å². The average molecular weight is 505 g/mol. The molecule has 35 heavy (non-hydrogen) atoms. The highest BCUT2D eigenvalue weighted by atomic mass is 35.5. The molecule has 3 atom stereocenters. The summed E-state index contributed by atoms with van der Waals surface area (Å²) in [7, 11) is 0. The SMILES string of the molecule is C[C@](O)(CN1CC2CC(C1)N2c1ccc(C#N)cc1Cl)C(=O)Nc1cnc(C#N)c(C(F)(F)F)c1. The number of fused-ring (bicyclic) bond motifs is 2. The lowest BCUT2D eigenvalue weighted by atomic mass is 9.85. The van der Waals surface area contributed by atoms with E-state index in [0.29, 0.717) is 29.7 Å². The number of alkyl halides is 3. The van der Waals surface area contributed by atoms with E-state index in [-0.39, 0.29) is 24.3 Å². The van der Waals surface area contributed by atoms with Gasteiger partial charge in [0, 0.05) is 31.7 Å². The number of hydrogen-bond donors (Lipinski definition) is 2. The number of benzene rings is 1. The predicted octanol–water partition coefficient (Wildman–Crippen LogP) is 3.15. The predicted molar refractivity (Wildman–Crippen MR) is 120 cm³/mol. The van der Waals surface area contributed by atoms with Crippen LogP contribution in [0.3, 0.4) is 0 Å². The average Bonchev–Trinajstić information content (AvgIpc) is 2.79. The molecular weight excluding hydrogens is 485 g/mol. The van der Waals surface area contributed by atoms with Gasteiger partial charge in [-0.25, -0.2) is 4.98 Å². The Morgan fingerprint density at radius 3 is 2.51 bits per heavy atom. The zero-order valence-corrected chi connectivity index (χ0v) is 19.2. The third-order valence-electron chi connectivity index (χ3n) is 6.20. The van der Waals surface area contributed by atoms with Crippen molar-refractivity contribution in [3.8, 4) is 12.1 Å². The highest BCUT2D eigenvalue weighted by Crippen LogP contribution is 2.41. The molecule has 2 bridgehead atoms. The van der Waals surface area contributed by atoms with Gasteiger partial charge in [-0.1, -0.05) is 11.6 Å². The van der Waals surface area contributed by atoms with Gasteiger partial charge < -0.3 is 15.3 Å². The Balaban J connectivity index is 1.41. The third-order valence-corrected chi connectivity index (χ3v) is 6.50. The number of anilines is 2. The Bertz CT molecular complexity index is 1240. The molecule has 4 heterocycles. The van der Waals surface area contributed by atoms with E-state index in [1.807, 2.05) is 11.0 Å². The van der Waals surface area contributed by atoms with Gasteiger partial charge in [-0.05, 0) is 37.6 Å². The van der Waals surface area contributed by atoms with Crippen molar-refractivity contribution >= 4 is 28.9 Å². The van der Waals surface area contributed by atoms with E-state index in [1.165, 1.54) is 13.0 Å². The van der Waals surface area contributed by atoms with Crippen molar-refractivity contribution in [2.45, 2.75) is 37.2 Å². The summed E-state index contributed by atoms with van der Waals surface area (Å²) >= 11 is 6.35. The molecule has 1 aromatic heterocycles. The van der Waals surface area contributed by atoms with E-state index in [1.54, 1.807) is 18.2 Å². The molecule has 3 aliphatic rings. The van der Waals surface area contributed by atoms with Crippen LogP contribution >= 0.6 is 11.6 Å². The first-order valence-electron chi connectivity index (χ1n) is 10.6. The molecule has 3 saturated heterocycles. The van der Waals surface area contributed by atoms with Crippen LogP contribution in [0.5, 0.6) is 0 Å². The lowest BCUT2D eigenvalue weighted by Crippen LogP contribution is -2.70. The highest BCUT2D eigenvalue weighted by Gasteiger charge is 2.47. The minimum Gasteiger partial charge on any atom is -0.379 e. The van der Waals surface area contributed by atoms with E-state index in [9.17, 15) is 23.1 Å². The van der Waals surface area contributed by atoms with Crippen molar-refractivity contribution in [2.75, 3.05) is 29.9 Å². The zero-order chi connectivity index (χ0) is 25.5. The van der Waals surface area contributed by atoms with Crippen LogP contribution in [0.2, 0.25) is 5.02 Å². The summed E-state index contributed by atoms with van der Waals surface area (Å²) in [5.41, 5.74) is -2.95. The molecule has 12 heteroatoms. The first-order valence-corrected chi connectivity index (χ1v) is 11.0. The third kappa shape index (κ3) is 4.89. The van der Waals surface area contributed by atoms with E-state index in [4.69, 9.17) is 22.1 Å². The van der Waals surface area contributed by atoms with Gasteiger partial charge in [0.05, 0.1) is 39.8 Å². The largest absolute Gasteiger partial charge is 0.419 e. The van der Waals surface area contributed by atoms with Gasteiger partial charge in [-0.2, -0.15) is 23.7 Å². The lowest BCUT2D eigenvalue weighted by molar-refractivity contribution is -0.138. The number of aliphatic hydroxyl groups is 1. The summed E-state index contributed by atoms with van der Waals surface area (Å²) < 4.78 is 39.5. The molecule has 0 spiro atoms. The van der Waals surface area contributed by atoms with Crippen molar-refractivity contribution in [3.05, 3.63) is 52.3 Å². The van der Waals surface area contributed by atoms with Crippen LogP contribution in [0.25, 0.3) is 0 Å². The van der Waals surface area contributed by atoms with E-state index in [2.05, 4.69) is 15.2 Å². The molecule has 3 aliphatic heterocycles. The topological polar surface area (TPSA) is 116 Å². The van der Waals surface area contributed by atoms with E-state index < -0.39 is 28.9 Å². The lowest BCUT2D eigenvalue weighted by Gasteiger charge is -2.58. The summed E-state index contributed by atoms with van der Waals surface area (Å²) in [5, 5.41) is 31.4. The molecule has 3 fully saturated rings. The van der Waals surface area contributed by atoms with Gasteiger partial charge in [0.1, 0.15) is 6.07 Å². The summed E-state index contributed by atoms with van der Waals surface area (Å²) in [6.07, 6.45) is -2.96. The Morgan fingerprint density at radius 1 is 1.26 bits per heavy atom. The second-order valence-corrected chi connectivity index (χ2v) is 9.29. The number of carbonyl (C=O) groups excluding carboxylic acids is 1. The number of nitrogens with zero attached hydrogens (tertiary/aromatic N) is 5. The fourth-order valence-electron chi connectivity index (χ4n) is 4.62. The molecule has 0 radical (unpaired) electrons. The van der Waals surface area contributed by atoms with Crippen molar-refractivity contribution in [1.82, 2.24) is 9.88 Å². The molecule has 0 saturated carbocycles. The highest BCUT2D eigenvalue weighted by molar-refractivity contribution is 6.33. The maximum Gasteiger partial charge on any atom is 0.419 e. The molecular formula is C23H20ClF3N6O2. The number of rotatable bonds is 5. The van der Waals surface area contributed by atoms with E-state index >= 15 is 0 Å². The minimum atomic E-state index is -4.82. The molecule has 2 aromatic rings. The number of pyridine rings is 1. The van der Waals surface area contributed by atoms with Gasteiger partial charge >= 0.3 is 6.18 Å². The fraction of sp³-hybridized carbons (Fsp3) is 0.391. The molecule has 8 nitrogen and oxygen atoms in total. The number of carbonyl (C=O) groups is 1. The van der Waals surface area contributed by atoms with Gasteiger partial charge in [0.25, 0.3) is 5.91 Å². The minimum absolute atomic E-state index is 0.0311. The van der Waals surface area contributed by atoms with Crippen LogP contribution in [-0.2, 0) is 11.0 Å². The van der Waals surface area contributed by atoms with Crippen LogP contribution in [0.1, 0.15) is 30.2 Å². The number of piperazine rings is 1. The summed E-state index contributed by atoms with van der Waals surface area (Å²) in [6, 6.07) is 9.37. The second-order valence-electron chi connectivity index (χ2n) is 8.88. The standard InChI is InChI=1S/C23H20ClF3N6O2/c1-22(35,21(34)31-14-5-17(23(25,26)27)19(8-29)30-9-14)12-32-10-15-6-16(11-32)33(15)20-3-2-13(7-28)4-18(20)24/h2-5,9,15-16,35H,6,10-12H2,1H3,(H,31,34)/t15?,16?,22-/m0/s1. The van der Waals surface area contributed by atoms with Crippen LogP contribution in [0.4, 0.5) is 24.5 Å². The molecule has 0 aliphatic carbocycles. The Morgan fingerprint density at radius 2 is 1.94 bits per heavy atom. The molecule has 1 amide bonds. The summed E-state index contributed by atoms with van der Waals surface area (Å²) in [4.78, 5) is 20.2. The quantitative estimate of drug-likeness (QED) is 0.642. The molecule has 2 unspecified atom stereocenters. The fourth-order valence-corrected chi connectivity index (χ4v) is 4.89. The molecule has 182 valence electrons. The molecule has 2 N–H and O–H groups in total. The van der Waals surface area contributed by atoms with Crippen LogP contribution in [0.15, 0.2) is 30.5 Å². The number of aromatic nitrogens is 1.